The first-order chi connectivity index (χ1) is 19.5. The van der Waals surface area contributed by atoms with Crippen molar-refractivity contribution in [1.29, 1.82) is 0 Å². The summed E-state index contributed by atoms with van der Waals surface area (Å²) in [6.45, 7) is 0. The van der Waals surface area contributed by atoms with Crippen LogP contribution in [0, 0.1) is 5.92 Å². The molecule has 2 aliphatic heterocycles. The lowest BCUT2D eigenvalue weighted by Gasteiger charge is -2.46. The second-order valence-corrected chi connectivity index (χ2v) is 9.84. The predicted octanol–water partition coefficient (Wildman–Crippen LogP) is 6.80. The molecule has 7 nitrogen and oxygen atoms in total. The van der Waals surface area contributed by atoms with E-state index < -0.39 is 12.2 Å². The number of fused-ring (bicyclic) bond motifs is 4. The monoisotopic (exact) mass is 538 g/mol. The van der Waals surface area contributed by atoms with Crippen molar-refractivity contribution in [1.82, 2.24) is 0 Å². The first-order valence-corrected chi connectivity index (χ1v) is 13.0. The van der Waals surface area contributed by atoms with Crippen LogP contribution in [0.15, 0.2) is 84.9 Å². The molecule has 0 spiro atoms. The SMILES string of the molecule is COc1ccc(/C=C/[C@@H]2c3c(OC)cc(O)cc3O[C@H]3c4c(OC)cc(O)cc4O[C@H](c4ccccc4)[C@@H]23)cc1. The first kappa shape index (κ1) is 25.5. The fraction of sp³-hybridized carbons (Fsp3) is 0.212. The van der Waals surface area contributed by atoms with Crippen LogP contribution in [0.2, 0.25) is 0 Å². The van der Waals surface area contributed by atoms with Crippen molar-refractivity contribution in [2.45, 2.75) is 18.1 Å². The van der Waals surface area contributed by atoms with Gasteiger partial charge in [-0.3, -0.25) is 0 Å². The zero-order chi connectivity index (χ0) is 27.8. The molecule has 7 heteroatoms. The minimum atomic E-state index is -0.519. The second-order valence-electron chi connectivity index (χ2n) is 9.84. The summed E-state index contributed by atoms with van der Waals surface area (Å²) in [7, 11) is 4.78. The van der Waals surface area contributed by atoms with E-state index in [9.17, 15) is 10.2 Å². The van der Waals surface area contributed by atoms with E-state index in [2.05, 4.69) is 12.2 Å². The topological polar surface area (TPSA) is 86.6 Å². The van der Waals surface area contributed by atoms with Crippen LogP contribution in [0.1, 0.15) is 40.4 Å². The molecule has 2 aliphatic rings. The molecule has 0 bridgehead atoms. The van der Waals surface area contributed by atoms with Gasteiger partial charge in [0.2, 0.25) is 0 Å². The molecule has 4 aromatic carbocycles. The molecule has 40 heavy (non-hydrogen) atoms. The van der Waals surface area contributed by atoms with E-state index in [0.29, 0.717) is 28.6 Å². The van der Waals surface area contributed by atoms with Gasteiger partial charge in [-0.1, -0.05) is 54.6 Å². The average Bonchev–Trinajstić information content (AvgIpc) is 2.98. The third kappa shape index (κ3) is 4.43. The quantitative estimate of drug-likeness (QED) is 0.279. The number of phenols is 2. The number of aromatic hydroxyl groups is 2. The summed E-state index contributed by atoms with van der Waals surface area (Å²) < 4.78 is 30.2. The van der Waals surface area contributed by atoms with E-state index in [1.54, 1.807) is 45.6 Å². The summed E-state index contributed by atoms with van der Waals surface area (Å²) in [5.41, 5.74) is 3.49. The normalized spacial score (nSPS) is 20.9. The highest BCUT2D eigenvalue weighted by molar-refractivity contribution is 5.62. The minimum absolute atomic E-state index is 0.0346. The van der Waals surface area contributed by atoms with Gasteiger partial charge in [0.05, 0.1) is 32.8 Å². The molecule has 0 unspecified atom stereocenters. The Labute approximate surface area is 232 Å². The van der Waals surface area contributed by atoms with E-state index in [1.165, 1.54) is 0 Å². The molecule has 0 fully saturated rings. The Morgan fingerprint density at radius 3 is 1.90 bits per heavy atom. The van der Waals surface area contributed by atoms with E-state index in [0.717, 1.165) is 22.4 Å². The van der Waals surface area contributed by atoms with Crippen molar-refractivity contribution in [3.63, 3.8) is 0 Å². The van der Waals surface area contributed by atoms with Crippen LogP contribution in [0.25, 0.3) is 6.08 Å². The Kier molecular flexibility index (Phi) is 6.64. The lowest BCUT2D eigenvalue weighted by Crippen LogP contribution is -2.39. The van der Waals surface area contributed by atoms with E-state index in [-0.39, 0.29) is 23.3 Å². The maximum atomic E-state index is 10.5. The van der Waals surface area contributed by atoms with Gasteiger partial charge < -0.3 is 33.9 Å². The zero-order valence-electron chi connectivity index (χ0n) is 22.4. The van der Waals surface area contributed by atoms with Gasteiger partial charge in [0.25, 0.3) is 0 Å². The molecule has 0 saturated carbocycles. The summed E-state index contributed by atoms with van der Waals surface area (Å²) in [5.74, 6) is 2.33. The molecule has 2 heterocycles. The molecule has 4 atom stereocenters. The summed E-state index contributed by atoms with van der Waals surface area (Å²) >= 11 is 0. The van der Waals surface area contributed by atoms with Crippen molar-refractivity contribution < 1.29 is 33.9 Å². The molecule has 4 aromatic rings. The molecule has 0 aromatic heterocycles. The van der Waals surface area contributed by atoms with Gasteiger partial charge in [-0.05, 0) is 23.3 Å². The largest absolute Gasteiger partial charge is 0.508 e. The van der Waals surface area contributed by atoms with E-state index in [1.807, 2.05) is 54.6 Å². The van der Waals surface area contributed by atoms with Crippen LogP contribution >= 0.6 is 0 Å². The zero-order valence-corrected chi connectivity index (χ0v) is 22.4. The van der Waals surface area contributed by atoms with Crippen molar-refractivity contribution in [3.05, 3.63) is 107 Å². The molecule has 0 aliphatic carbocycles. The third-order valence-electron chi connectivity index (χ3n) is 7.60. The lowest BCUT2D eigenvalue weighted by atomic mass is 9.71. The van der Waals surface area contributed by atoms with Gasteiger partial charge in [-0.25, -0.2) is 0 Å². The summed E-state index contributed by atoms with van der Waals surface area (Å²) in [6.07, 6.45) is 3.25. The first-order valence-electron chi connectivity index (χ1n) is 13.0. The van der Waals surface area contributed by atoms with Crippen molar-refractivity contribution in [3.8, 4) is 40.2 Å². The fourth-order valence-electron chi connectivity index (χ4n) is 5.81. The molecule has 2 N–H and O–H groups in total. The standard InChI is InChI=1S/C33H30O7/c1-36-23-12-9-19(10-13-23)11-14-24-29-25(37-2)15-21(34)17-27(29)40-33-30(24)32(20-7-5-4-6-8-20)39-28-18-22(35)16-26(38-3)31(28)33/h4-18,24,30,32-35H,1-3H3/b14-11+/t24-,30-,32-,33-/m1/s1. The molecule has 204 valence electrons. The van der Waals surface area contributed by atoms with E-state index >= 15 is 0 Å². The van der Waals surface area contributed by atoms with Crippen LogP contribution in [0.4, 0.5) is 0 Å². The number of rotatable bonds is 6. The predicted molar refractivity (Wildman–Crippen MR) is 151 cm³/mol. The molecular weight excluding hydrogens is 508 g/mol. The molecule has 0 amide bonds. The number of hydrogen-bond acceptors (Lipinski definition) is 7. The van der Waals surface area contributed by atoms with Crippen LogP contribution < -0.4 is 23.7 Å². The maximum Gasteiger partial charge on any atom is 0.139 e. The minimum Gasteiger partial charge on any atom is -0.508 e. The van der Waals surface area contributed by atoms with Gasteiger partial charge in [0, 0.05) is 35.7 Å². The Hall–Kier alpha value is -4.78. The Morgan fingerprint density at radius 1 is 0.675 bits per heavy atom. The van der Waals surface area contributed by atoms with Gasteiger partial charge >= 0.3 is 0 Å². The second kappa shape index (κ2) is 10.4. The highest BCUT2D eigenvalue weighted by Crippen LogP contribution is 2.61. The Bertz CT molecular complexity index is 1550. The smallest absolute Gasteiger partial charge is 0.139 e. The van der Waals surface area contributed by atoms with Crippen LogP contribution in [0.5, 0.6) is 40.2 Å². The van der Waals surface area contributed by atoms with Crippen LogP contribution in [-0.4, -0.2) is 31.5 Å². The summed E-state index contributed by atoms with van der Waals surface area (Å²) in [5, 5.41) is 21.0. The van der Waals surface area contributed by atoms with Crippen LogP contribution in [-0.2, 0) is 0 Å². The highest BCUT2D eigenvalue weighted by Gasteiger charge is 2.50. The third-order valence-corrected chi connectivity index (χ3v) is 7.60. The molecule has 0 radical (unpaired) electrons. The Balaban J connectivity index is 1.58. The summed E-state index contributed by atoms with van der Waals surface area (Å²) in [4.78, 5) is 0. The van der Waals surface area contributed by atoms with E-state index in [4.69, 9.17) is 23.7 Å². The lowest BCUT2D eigenvalue weighted by molar-refractivity contribution is -0.0107. The van der Waals surface area contributed by atoms with Gasteiger partial charge in [0.15, 0.2) is 0 Å². The maximum absolute atomic E-state index is 10.5. The Morgan fingerprint density at radius 2 is 1.27 bits per heavy atom. The fourth-order valence-corrected chi connectivity index (χ4v) is 5.81. The molecule has 6 rings (SSSR count). The average molecular weight is 539 g/mol. The van der Waals surface area contributed by atoms with Gasteiger partial charge in [-0.2, -0.15) is 0 Å². The number of ether oxygens (including phenoxy) is 5. The number of allylic oxidation sites excluding steroid dienone is 1. The van der Waals surface area contributed by atoms with Crippen molar-refractivity contribution in [2.24, 2.45) is 5.92 Å². The van der Waals surface area contributed by atoms with Crippen molar-refractivity contribution >= 4 is 6.08 Å². The van der Waals surface area contributed by atoms with Gasteiger partial charge in [-0.15, -0.1) is 0 Å². The molecule has 0 saturated heterocycles. The number of phenolic OH excluding ortho intramolecular Hbond substituents is 2. The summed E-state index contributed by atoms with van der Waals surface area (Å²) in [6, 6.07) is 24.2. The number of hydrogen-bond donors (Lipinski definition) is 2. The highest BCUT2D eigenvalue weighted by atomic mass is 16.5. The van der Waals surface area contributed by atoms with Crippen molar-refractivity contribution in [2.75, 3.05) is 21.3 Å². The van der Waals surface area contributed by atoms with Gasteiger partial charge in [0.1, 0.15) is 52.5 Å². The van der Waals surface area contributed by atoms with Crippen LogP contribution in [0.3, 0.4) is 0 Å². The molecular formula is C33H30O7. The number of methoxy groups -OCH3 is 3. The number of benzene rings is 4.